The van der Waals surface area contributed by atoms with Gasteiger partial charge in [-0.05, 0) is 30.0 Å². The average Bonchev–Trinajstić information content (AvgIpc) is 3.21. The number of carbonyl (C=O) groups is 1. The summed E-state index contributed by atoms with van der Waals surface area (Å²) in [6, 6.07) is 10.6. The molecule has 0 spiro atoms. The molecule has 1 aromatic heterocycles. The zero-order chi connectivity index (χ0) is 17.2. The van der Waals surface area contributed by atoms with Gasteiger partial charge in [-0.15, -0.1) is 11.3 Å². The van der Waals surface area contributed by atoms with Crippen molar-refractivity contribution in [2.24, 2.45) is 0 Å². The molecule has 1 aliphatic heterocycles. The van der Waals surface area contributed by atoms with E-state index in [9.17, 15) is 13.2 Å². The van der Waals surface area contributed by atoms with Crippen LogP contribution in [0.1, 0.15) is 21.7 Å². The first-order chi connectivity index (χ1) is 11.5. The minimum atomic E-state index is -3.07. The van der Waals surface area contributed by atoms with E-state index in [1.165, 1.54) is 7.11 Å². The van der Waals surface area contributed by atoms with Crippen molar-refractivity contribution in [1.82, 2.24) is 4.90 Å². The predicted molar refractivity (Wildman–Crippen MR) is 94.2 cm³/mol. The standard InChI is InChI=1S/C17H19NO4S2/c1-22-16-7-3-2-6-15(16)17(19)18(11-14-5-4-9-23-14)13-8-10-24(20,21)12-13/h2-7,9,13H,8,10-12H2,1H3/t13-/m1/s1. The van der Waals surface area contributed by atoms with E-state index in [2.05, 4.69) is 0 Å². The lowest BCUT2D eigenvalue weighted by molar-refractivity contribution is 0.0679. The molecular formula is C17H19NO4S2. The lowest BCUT2D eigenvalue weighted by atomic mass is 10.1. The van der Waals surface area contributed by atoms with Crippen molar-refractivity contribution in [3.05, 3.63) is 52.2 Å². The first kappa shape index (κ1) is 17.0. The summed E-state index contributed by atoms with van der Waals surface area (Å²) in [5.41, 5.74) is 0.459. The average molecular weight is 365 g/mol. The Morgan fingerprint density at radius 3 is 2.71 bits per heavy atom. The van der Waals surface area contributed by atoms with E-state index in [1.807, 2.05) is 17.5 Å². The summed E-state index contributed by atoms with van der Waals surface area (Å²) in [5.74, 6) is 0.472. The summed E-state index contributed by atoms with van der Waals surface area (Å²) in [6.45, 7) is 0.411. The number of methoxy groups -OCH3 is 1. The molecule has 2 heterocycles. The van der Waals surface area contributed by atoms with Gasteiger partial charge in [0.15, 0.2) is 9.84 Å². The number of thiophene rings is 1. The van der Waals surface area contributed by atoms with Crippen molar-refractivity contribution in [3.63, 3.8) is 0 Å². The first-order valence-electron chi connectivity index (χ1n) is 7.67. The quantitative estimate of drug-likeness (QED) is 0.817. The van der Waals surface area contributed by atoms with E-state index in [0.717, 1.165) is 4.88 Å². The number of hydrogen-bond donors (Lipinski definition) is 0. The molecule has 0 saturated carbocycles. The Hall–Kier alpha value is -1.86. The van der Waals surface area contributed by atoms with Crippen LogP contribution in [0.5, 0.6) is 5.75 Å². The number of nitrogens with zero attached hydrogens (tertiary/aromatic N) is 1. The normalized spacial score (nSPS) is 19.1. The second-order valence-electron chi connectivity index (χ2n) is 5.77. The number of para-hydroxylation sites is 1. The molecule has 1 saturated heterocycles. The van der Waals surface area contributed by atoms with Crippen LogP contribution in [0.4, 0.5) is 0 Å². The Kier molecular flexibility index (Phi) is 4.91. The topological polar surface area (TPSA) is 63.7 Å². The van der Waals surface area contributed by atoms with Crippen LogP contribution in [-0.2, 0) is 16.4 Å². The Bertz CT molecular complexity index is 815. The number of sulfone groups is 1. The molecule has 1 fully saturated rings. The second kappa shape index (κ2) is 6.94. The minimum Gasteiger partial charge on any atom is -0.496 e. The molecule has 2 aromatic rings. The predicted octanol–water partition coefficient (Wildman–Crippen LogP) is 2.59. The van der Waals surface area contributed by atoms with Gasteiger partial charge in [0.2, 0.25) is 0 Å². The molecule has 0 aliphatic carbocycles. The summed E-state index contributed by atoms with van der Waals surface area (Å²) in [7, 11) is -1.55. The van der Waals surface area contributed by atoms with Gasteiger partial charge in [0.25, 0.3) is 5.91 Å². The van der Waals surface area contributed by atoms with Gasteiger partial charge < -0.3 is 9.64 Å². The van der Waals surface area contributed by atoms with Crippen LogP contribution in [0.2, 0.25) is 0 Å². The summed E-state index contributed by atoms with van der Waals surface area (Å²) in [6.07, 6.45) is 0.481. The maximum Gasteiger partial charge on any atom is 0.258 e. The number of carbonyl (C=O) groups excluding carboxylic acids is 1. The lowest BCUT2D eigenvalue weighted by Gasteiger charge is -2.28. The van der Waals surface area contributed by atoms with Gasteiger partial charge in [0.1, 0.15) is 5.75 Å². The smallest absolute Gasteiger partial charge is 0.258 e. The van der Waals surface area contributed by atoms with Crippen molar-refractivity contribution in [3.8, 4) is 5.75 Å². The molecule has 128 valence electrons. The van der Waals surface area contributed by atoms with Crippen LogP contribution in [0.3, 0.4) is 0 Å². The van der Waals surface area contributed by atoms with Gasteiger partial charge in [-0.3, -0.25) is 4.79 Å². The number of hydrogen-bond acceptors (Lipinski definition) is 5. The first-order valence-corrected chi connectivity index (χ1v) is 10.4. The molecule has 1 atom stereocenters. The van der Waals surface area contributed by atoms with Crippen molar-refractivity contribution in [2.45, 2.75) is 19.0 Å². The van der Waals surface area contributed by atoms with Crippen LogP contribution in [0.25, 0.3) is 0 Å². The third-order valence-electron chi connectivity index (χ3n) is 4.15. The molecular weight excluding hydrogens is 346 g/mol. The fraction of sp³-hybridized carbons (Fsp3) is 0.353. The summed E-state index contributed by atoms with van der Waals surface area (Å²) in [5, 5.41) is 1.95. The maximum absolute atomic E-state index is 13.1. The Morgan fingerprint density at radius 2 is 2.08 bits per heavy atom. The molecule has 3 rings (SSSR count). The second-order valence-corrected chi connectivity index (χ2v) is 9.03. The Balaban J connectivity index is 1.93. The van der Waals surface area contributed by atoms with Gasteiger partial charge in [-0.1, -0.05) is 18.2 Å². The molecule has 0 N–H and O–H groups in total. The molecule has 1 amide bonds. The minimum absolute atomic E-state index is 0.0270. The number of benzene rings is 1. The number of amides is 1. The molecule has 5 nitrogen and oxygen atoms in total. The third kappa shape index (κ3) is 3.62. The Morgan fingerprint density at radius 1 is 1.29 bits per heavy atom. The molecule has 1 aromatic carbocycles. The van der Waals surface area contributed by atoms with Crippen molar-refractivity contribution in [1.29, 1.82) is 0 Å². The highest BCUT2D eigenvalue weighted by atomic mass is 32.2. The van der Waals surface area contributed by atoms with Crippen LogP contribution in [-0.4, -0.2) is 43.9 Å². The molecule has 24 heavy (non-hydrogen) atoms. The van der Waals surface area contributed by atoms with E-state index < -0.39 is 9.84 Å². The largest absolute Gasteiger partial charge is 0.496 e. The SMILES string of the molecule is COc1ccccc1C(=O)N(Cc1cccs1)[C@@H]1CCS(=O)(=O)C1. The summed E-state index contributed by atoms with van der Waals surface area (Å²) < 4.78 is 29.0. The maximum atomic E-state index is 13.1. The van der Waals surface area contributed by atoms with Crippen molar-refractivity contribution in [2.75, 3.05) is 18.6 Å². The monoisotopic (exact) mass is 365 g/mol. The van der Waals surface area contributed by atoms with Crippen molar-refractivity contribution < 1.29 is 17.9 Å². The van der Waals surface area contributed by atoms with Crippen LogP contribution >= 0.6 is 11.3 Å². The van der Waals surface area contributed by atoms with Crippen LogP contribution in [0, 0.1) is 0 Å². The van der Waals surface area contributed by atoms with Gasteiger partial charge >= 0.3 is 0 Å². The van der Waals surface area contributed by atoms with Gasteiger partial charge in [-0.2, -0.15) is 0 Å². The van der Waals surface area contributed by atoms with Crippen LogP contribution < -0.4 is 4.74 Å². The highest BCUT2D eigenvalue weighted by Gasteiger charge is 2.35. The van der Waals surface area contributed by atoms with Crippen molar-refractivity contribution >= 4 is 27.1 Å². The highest BCUT2D eigenvalue weighted by molar-refractivity contribution is 7.91. The van der Waals surface area contributed by atoms with Crippen LogP contribution in [0.15, 0.2) is 41.8 Å². The Labute approximate surface area is 145 Å². The third-order valence-corrected chi connectivity index (χ3v) is 6.77. The van der Waals surface area contributed by atoms with Gasteiger partial charge in [-0.25, -0.2) is 8.42 Å². The number of ether oxygens (including phenoxy) is 1. The fourth-order valence-electron chi connectivity index (χ4n) is 2.93. The molecule has 0 bridgehead atoms. The summed E-state index contributed by atoms with van der Waals surface area (Å²) >= 11 is 1.56. The zero-order valence-electron chi connectivity index (χ0n) is 13.3. The highest BCUT2D eigenvalue weighted by Crippen LogP contribution is 2.26. The molecule has 0 radical (unpaired) electrons. The molecule has 0 unspecified atom stereocenters. The van der Waals surface area contributed by atoms with E-state index >= 15 is 0 Å². The zero-order valence-corrected chi connectivity index (χ0v) is 15.0. The van der Waals surface area contributed by atoms with E-state index in [1.54, 1.807) is 40.5 Å². The summed E-state index contributed by atoms with van der Waals surface area (Å²) in [4.78, 5) is 15.8. The fourth-order valence-corrected chi connectivity index (χ4v) is 5.37. The number of rotatable bonds is 5. The van der Waals surface area contributed by atoms with Gasteiger partial charge in [0.05, 0.1) is 30.7 Å². The van der Waals surface area contributed by atoms with E-state index in [4.69, 9.17) is 4.74 Å². The van der Waals surface area contributed by atoms with E-state index in [-0.39, 0.29) is 23.5 Å². The molecule has 1 aliphatic rings. The lowest BCUT2D eigenvalue weighted by Crippen LogP contribution is -2.40. The van der Waals surface area contributed by atoms with Gasteiger partial charge in [0, 0.05) is 10.9 Å². The van der Waals surface area contributed by atoms with E-state index in [0.29, 0.717) is 24.3 Å². The molecule has 7 heteroatoms.